The van der Waals surface area contributed by atoms with Crippen LogP contribution >= 0.6 is 0 Å². The van der Waals surface area contributed by atoms with E-state index >= 15 is 0 Å². The Bertz CT molecular complexity index is 1790. The van der Waals surface area contributed by atoms with Gasteiger partial charge in [0, 0.05) is 33.6 Å². The molecule has 38 heavy (non-hydrogen) atoms. The number of benzene rings is 4. The first kappa shape index (κ1) is 22.5. The summed E-state index contributed by atoms with van der Waals surface area (Å²) in [6.07, 6.45) is 8.83. The monoisotopic (exact) mass is 488 g/mol. The normalized spacial score (nSPS) is 16.9. The predicted molar refractivity (Wildman–Crippen MR) is 160 cm³/mol. The van der Waals surface area contributed by atoms with Crippen molar-refractivity contribution < 1.29 is 0 Å². The molecule has 0 aliphatic heterocycles. The zero-order chi connectivity index (χ0) is 25.5. The van der Waals surface area contributed by atoms with Gasteiger partial charge in [0.15, 0.2) is 0 Å². The number of rotatable bonds is 4. The van der Waals surface area contributed by atoms with Gasteiger partial charge in [0.25, 0.3) is 0 Å². The SMILES string of the molecule is CC1C=CC=CC1c1cc(-c2cccc(-n3c4ccccc4c4ccccc43)c2)cc(-c2ccccc2)n1. The lowest BCUT2D eigenvalue weighted by atomic mass is 9.86. The average Bonchev–Trinajstić information content (AvgIpc) is 3.32. The summed E-state index contributed by atoms with van der Waals surface area (Å²) in [6, 6.07) is 41.3. The molecule has 4 aromatic carbocycles. The number of pyridine rings is 1. The largest absolute Gasteiger partial charge is 0.309 e. The minimum absolute atomic E-state index is 0.253. The summed E-state index contributed by atoms with van der Waals surface area (Å²) in [5, 5.41) is 2.55. The molecule has 0 N–H and O–H groups in total. The smallest absolute Gasteiger partial charge is 0.0711 e. The highest BCUT2D eigenvalue weighted by molar-refractivity contribution is 6.09. The Hall–Kier alpha value is -4.69. The summed E-state index contributed by atoms with van der Waals surface area (Å²) in [5.41, 5.74) is 9.23. The van der Waals surface area contributed by atoms with E-state index in [0.29, 0.717) is 5.92 Å². The van der Waals surface area contributed by atoms with Gasteiger partial charge in [-0.1, -0.05) is 110 Å². The maximum absolute atomic E-state index is 5.17. The van der Waals surface area contributed by atoms with Gasteiger partial charge in [0.2, 0.25) is 0 Å². The number of allylic oxidation sites excluding steroid dienone is 4. The van der Waals surface area contributed by atoms with Crippen molar-refractivity contribution in [3.8, 4) is 28.1 Å². The van der Waals surface area contributed by atoms with Crippen molar-refractivity contribution in [1.82, 2.24) is 9.55 Å². The highest BCUT2D eigenvalue weighted by atomic mass is 15.0. The highest BCUT2D eigenvalue weighted by Crippen LogP contribution is 2.36. The number of nitrogens with zero attached hydrogens (tertiary/aromatic N) is 2. The number of hydrogen-bond acceptors (Lipinski definition) is 1. The van der Waals surface area contributed by atoms with Crippen LogP contribution in [0.5, 0.6) is 0 Å². The van der Waals surface area contributed by atoms with Crippen LogP contribution in [-0.4, -0.2) is 9.55 Å². The minimum Gasteiger partial charge on any atom is -0.309 e. The van der Waals surface area contributed by atoms with Crippen LogP contribution in [0.4, 0.5) is 0 Å². The molecule has 1 aliphatic rings. The van der Waals surface area contributed by atoms with Crippen molar-refractivity contribution in [3.63, 3.8) is 0 Å². The summed E-state index contributed by atoms with van der Waals surface area (Å²) in [4.78, 5) is 5.17. The minimum atomic E-state index is 0.253. The summed E-state index contributed by atoms with van der Waals surface area (Å²) in [6.45, 7) is 2.27. The van der Waals surface area contributed by atoms with Gasteiger partial charge in [0.05, 0.1) is 16.7 Å². The van der Waals surface area contributed by atoms with E-state index in [4.69, 9.17) is 4.98 Å². The molecule has 0 amide bonds. The van der Waals surface area contributed by atoms with E-state index in [-0.39, 0.29) is 5.92 Å². The van der Waals surface area contributed by atoms with E-state index in [9.17, 15) is 0 Å². The molecule has 0 bridgehead atoms. The molecule has 2 atom stereocenters. The molecule has 6 aromatic rings. The van der Waals surface area contributed by atoms with Crippen LogP contribution in [0.3, 0.4) is 0 Å². The van der Waals surface area contributed by atoms with Crippen molar-refractivity contribution in [2.24, 2.45) is 5.92 Å². The molecule has 182 valence electrons. The van der Waals surface area contributed by atoms with Gasteiger partial charge >= 0.3 is 0 Å². The first-order valence-electron chi connectivity index (χ1n) is 13.3. The molecular formula is C36H28N2. The molecule has 2 unspecified atom stereocenters. The zero-order valence-electron chi connectivity index (χ0n) is 21.3. The zero-order valence-corrected chi connectivity index (χ0v) is 21.3. The second-order valence-electron chi connectivity index (χ2n) is 10.1. The van der Waals surface area contributed by atoms with Gasteiger partial charge in [0.1, 0.15) is 0 Å². The standard InChI is InChI=1S/C36H28N2/c1-25-12-5-6-17-30(25)34-24-28(23-33(37-34)26-13-3-2-4-14-26)27-15-11-16-29(22-27)38-35-20-9-7-18-31(35)32-19-8-10-21-36(32)38/h2-25,30H,1H3. The third-order valence-corrected chi connectivity index (χ3v) is 7.68. The fourth-order valence-corrected chi connectivity index (χ4v) is 5.76. The molecule has 2 nitrogen and oxygen atoms in total. The van der Waals surface area contributed by atoms with Gasteiger partial charge in [-0.25, -0.2) is 0 Å². The maximum atomic E-state index is 5.17. The third-order valence-electron chi connectivity index (χ3n) is 7.68. The van der Waals surface area contributed by atoms with Crippen LogP contribution in [0.15, 0.2) is 140 Å². The van der Waals surface area contributed by atoms with Gasteiger partial charge < -0.3 is 4.57 Å². The maximum Gasteiger partial charge on any atom is 0.0711 e. The van der Waals surface area contributed by atoms with E-state index in [1.807, 2.05) is 0 Å². The lowest BCUT2D eigenvalue weighted by Gasteiger charge is -2.22. The number of hydrogen-bond donors (Lipinski definition) is 0. The summed E-state index contributed by atoms with van der Waals surface area (Å²) in [7, 11) is 0. The van der Waals surface area contributed by atoms with Gasteiger partial charge in [-0.2, -0.15) is 0 Å². The fourth-order valence-electron chi connectivity index (χ4n) is 5.76. The van der Waals surface area contributed by atoms with Crippen LogP contribution in [0.2, 0.25) is 0 Å². The van der Waals surface area contributed by atoms with E-state index in [1.54, 1.807) is 0 Å². The second kappa shape index (κ2) is 9.32. The van der Waals surface area contributed by atoms with Gasteiger partial charge in [-0.15, -0.1) is 0 Å². The first-order chi connectivity index (χ1) is 18.8. The molecule has 2 heteroatoms. The Labute approximate surface area is 223 Å². The Morgan fingerprint density at radius 1 is 0.579 bits per heavy atom. The van der Waals surface area contributed by atoms with Crippen LogP contribution < -0.4 is 0 Å². The molecule has 0 spiro atoms. The Balaban J connectivity index is 1.42. The molecule has 1 aliphatic carbocycles. The molecular weight excluding hydrogens is 460 g/mol. The quantitative estimate of drug-likeness (QED) is 0.242. The fraction of sp³-hybridized carbons (Fsp3) is 0.0833. The van der Waals surface area contributed by atoms with Crippen LogP contribution in [0, 0.1) is 5.92 Å². The number of aromatic nitrogens is 2. The third kappa shape index (κ3) is 3.86. The summed E-state index contributed by atoms with van der Waals surface area (Å²) >= 11 is 0. The van der Waals surface area contributed by atoms with E-state index in [2.05, 4.69) is 151 Å². The Morgan fingerprint density at radius 2 is 1.24 bits per heavy atom. The molecule has 0 fully saturated rings. The summed E-state index contributed by atoms with van der Waals surface area (Å²) < 4.78 is 2.38. The van der Waals surface area contributed by atoms with Crippen molar-refractivity contribution in [2.45, 2.75) is 12.8 Å². The Morgan fingerprint density at radius 3 is 1.97 bits per heavy atom. The highest BCUT2D eigenvalue weighted by Gasteiger charge is 2.20. The van der Waals surface area contributed by atoms with Crippen molar-refractivity contribution in [1.29, 1.82) is 0 Å². The molecule has 0 saturated carbocycles. The lowest BCUT2D eigenvalue weighted by molar-refractivity contribution is 0.621. The van der Waals surface area contributed by atoms with Gasteiger partial charge in [-0.05, 0) is 53.4 Å². The molecule has 2 heterocycles. The predicted octanol–water partition coefficient (Wildman–Crippen LogP) is 9.36. The topological polar surface area (TPSA) is 17.8 Å². The van der Waals surface area contributed by atoms with E-state index in [1.165, 1.54) is 32.9 Å². The van der Waals surface area contributed by atoms with Crippen LogP contribution in [-0.2, 0) is 0 Å². The molecule has 2 aromatic heterocycles. The van der Waals surface area contributed by atoms with Crippen molar-refractivity contribution in [2.75, 3.05) is 0 Å². The van der Waals surface area contributed by atoms with E-state index in [0.717, 1.165) is 22.6 Å². The van der Waals surface area contributed by atoms with Crippen molar-refractivity contribution in [3.05, 3.63) is 145 Å². The van der Waals surface area contributed by atoms with E-state index < -0.39 is 0 Å². The Kier molecular flexibility index (Phi) is 5.52. The molecule has 0 radical (unpaired) electrons. The van der Waals surface area contributed by atoms with Crippen molar-refractivity contribution >= 4 is 21.8 Å². The van der Waals surface area contributed by atoms with Crippen LogP contribution in [0.25, 0.3) is 49.9 Å². The summed E-state index contributed by atoms with van der Waals surface area (Å²) in [5.74, 6) is 0.651. The molecule has 0 saturated heterocycles. The van der Waals surface area contributed by atoms with Gasteiger partial charge in [-0.3, -0.25) is 4.98 Å². The number of fused-ring (bicyclic) bond motifs is 3. The number of para-hydroxylation sites is 2. The molecule has 7 rings (SSSR count). The first-order valence-corrected chi connectivity index (χ1v) is 13.3. The average molecular weight is 489 g/mol. The van der Waals surface area contributed by atoms with Crippen LogP contribution in [0.1, 0.15) is 18.5 Å². The lowest BCUT2D eigenvalue weighted by Crippen LogP contribution is -2.10. The second-order valence-corrected chi connectivity index (χ2v) is 10.1.